The Bertz CT molecular complexity index is 885. The van der Waals surface area contributed by atoms with E-state index in [0.717, 1.165) is 23.2 Å². The lowest BCUT2D eigenvalue weighted by atomic mass is 9.79. The summed E-state index contributed by atoms with van der Waals surface area (Å²) in [6.45, 7) is 3.67. The molecule has 2 fully saturated rings. The molecule has 4 nitrogen and oxygen atoms in total. The molecule has 2 aliphatic rings. The van der Waals surface area contributed by atoms with Crippen LogP contribution in [0.25, 0.3) is 21.3 Å². The fourth-order valence-corrected chi connectivity index (χ4v) is 5.44. The fourth-order valence-electron chi connectivity index (χ4n) is 4.30. The summed E-state index contributed by atoms with van der Waals surface area (Å²) >= 11 is 1.86. The van der Waals surface area contributed by atoms with E-state index >= 15 is 0 Å². The number of hydrogen-bond donors (Lipinski definition) is 0. The normalized spacial score (nSPS) is 26.8. The zero-order valence-corrected chi connectivity index (χ0v) is 15.2. The number of likely N-dealkylation sites (tertiary alicyclic amines) is 1. The van der Waals surface area contributed by atoms with E-state index in [9.17, 15) is 0 Å². The molecule has 1 saturated heterocycles. The van der Waals surface area contributed by atoms with Crippen LogP contribution >= 0.6 is 11.3 Å². The highest BCUT2D eigenvalue weighted by molar-refractivity contribution is 7.18. The first-order chi connectivity index (χ1) is 12.3. The van der Waals surface area contributed by atoms with Crippen LogP contribution < -0.4 is 0 Å². The Morgan fingerprint density at radius 2 is 1.96 bits per heavy atom. The summed E-state index contributed by atoms with van der Waals surface area (Å²) < 4.78 is 1.27. The standard InChI is InChI=1S/C20H22N4S/c1-13-3-2-6-24(13)17-7-15(8-17)20-23-18-5-4-14(9-19(18)25-20)16-10-21-12-22-11-16/h4-5,9-13,15,17H,2-3,6-8H2,1H3/t13-,15-,17-/m1/s1. The monoisotopic (exact) mass is 350 g/mol. The number of nitrogens with zero attached hydrogens (tertiary/aromatic N) is 4. The number of rotatable bonds is 3. The summed E-state index contributed by atoms with van der Waals surface area (Å²) in [6.07, 6.45) is 10.6. The topological polar surface area (TPSA) is 41.9 Å². The Kier molecular flexibility index (Phi) is 3.79. The Morgan fingerprint density at radius 3 is 2.72 bits per heavy atom. The molecule has 1 aromatic carbocycles. The van der Waals surface area contributed by atoms with Crippen LogP contribution in [0, 0.1) is 0 Å². The average Bonchev–Trinajstić information content (AvgIpc) is 3.20. The van der Waals surface area contributed by atoms with Gasteiger partial charge in [0.05, 0.1) is 15.2 Å². The predicted molar refractivity (Wildman–Crippen MR) is 102 cm³/mol. The highest BCUT2D eigenvalue weighted by Gasteiger charge is 2.39. The summed E-state index contributed by atoms with van der Waals surface area (Å²) in [5, 5.41) is 1.32. The van der Waals surface area contributed by atoms with Gasteiger partial charge in [0.2, 0.25) is 0 Å². The molecule has 3 heterocycles. The summed E-state index contributed by atoms with van der Waals surface area (Å²) in [4.78, 5) is 15.9. The van der Waals surface area contributed by atoms with Gasteiger partial charge >= 0.3 is 0 Å². The van der Waals surface area contributed by atoms with Crippen LogP contribution in [-0.4, -0.2) is 38.5 Å². The maximum Gasteiger partial charge on any atom is 0.115 e. The molecule has 0 radical (unpaired) electrons. The summed E-state index contributed by atoms with van der Waals surface area (Å²) in [6, 6.07) is 8.05. The molecule has 0 spiro atoms. The lowest BCUT2D eigenvalue weighted by Gasteiger charge is -2.42. The first-order valence-corrected chi connectivity index (χ1v) is 10.0. The molecule has 5 heteroatoms. The van der Waals surface area contributed by atoms with Crippen LogP contribution in [0.5, 0.6) is 0 Å². The van der Waals surface area contributed by atoms with Crippen molar-refractivity contribution in [2.24, 2.45) is 0 Å². The van der Waals surface area contributed by atoms with Crippen LogP contribution in [0.4, 0.5) is 0 Å². The van der Waals surface area contributed by atoms with Crippen LogP contribution in [0.3, 0.4) is 0 Å². The second kappa shape index (κ2) is 6.15. The smallest absolute Gasteiger partial charge is 0.115 e. The van der Waals surface area contributed by atoms with E-state index in [4.69, 9.17) is 4.98 Å². The van der Waals surface area contributed by atoms with Gasteiger partial charge < -0.3 is 0 Å². The SMILES string of the molecule is C[C@@H]1CCCN1[C@H]1C[C@H](c2nc3ccc(-c4cncnc4)cc3s2)C1. The molecular formula is C20H22N4S. The third kappa shape index (κ3) is 2.75. The average molecular weight is 350 g/mol. The van der Waals surface area contributed by atoms with Gasteiger partial charge in [0.1, 0.15) is 6.33 Å². The van der Waals surface area contributed by atoms with Crippen LogP contribution in [-0.2, 0) is 0 Å². The molecule has 128 valence electrons. The van der Waals surface area contributed by atoms with Gasteiger partial charge in [0, 0.05) is 36.0 Å². The molecule has 0 amide bonds. The van der Waals surface area contributed by atoms with Gasteiger partial charge in [-0.25, -0.2) is 15.0 Å². The van der Waals surface area contributed by atoms with Crippen molar-refractivity contribution in [1.29, 1.82) is 0 Å². The molecular weight excluding hydrogens is 328 g/mol. The number of benzene rings is 1. The quantitative estimate of drug-likeness (QED) is 0.698. The minimum Gasteiger partial charge on any atom is -0.298 e. The zero-order valence-electron chi connectivity index (χ0n) is 14.4. The molecule has 1 atom stereocenters. The van der Waals surface area contributed by atoms with Gasteiger partial charge in [0.15, 0.2) is 0 Å². The Hall–Kier alpha value is -1.85. The van der Waals surface area contributed by atoms with Crippen LogP contribution in [0.2, 0.25) is 0 Å². The highest BCUT2D eigenvalue weighted by atomic mass is 32.1. The van der Waals surface area contributed by atoms with Gasteiger partial charge in [-0.15, -0.1) is 11.3 Å². The minimum absolute atomic E-state index is 0.652. The third-order valence-corrected chi connectivity index (χ3v) is 7.02. The molecule has 1 aliphatic carbocycles. The van der Waals surface area contributed by atoms with E-state index in [1.54, 1.807) is 6.33 Å². The Labute approximate surface area is 152 Å². The molecule has 0 bridgehead atoms. The van der Waals surface area contributed by atoms with E-state index in [1.807, 2.05) is 23.7 Å². The third-order valence-electron chi connectivity index (χ3n) is 5.83. The number of hydrogen-bond acceptors (Lipinski definition) is 5. The molecule has 0 N–H and O–H groups in total. The minimum atomic E-state index is 0.652. The maximum atomic E-state index is 4.92. The zero-order chi connectivity index (χ0) is 16.8. The number of aromatic nitrogens is 3. The number of thiazole rings is 1. The van der Waals surface area contributed by atoms with Gasteiger partial charge in [-0.1, -0.05) is 6.07 Å². The van der Waals surface area contributed by atoms with E-state index < -0.39 is 0 Å². The van der Waals surface area contributed by atoms with Crippen molar-refractivity contribution in [2.75, 3.05) is 6.54 Å². The lowest BCUT2D eigenvalue weighted by molar-refractivity contribution is 0.103. The lowest BCUT2D eigenvalue weighted by Crippen LogP contribution is -2.45. The van der Waals surface area contributed by atoms with Gasteiger partial charge in [-0.05, 0) is 56.8 Å². The summed E-state index contributed by atoms with van der Waals surface area (Å²) in [5.74, 6) is 0.652. The molecule has 2 aromatic heterocycles. The maximum absolute atomic E-state index is 4.92. The van der Waals surface area contributed by atoms with Crippen molar-refractivity contribution in [1.82, 2.24) is 19.9 Å². The van der Waals surface area contributed by atoms with Crippen molar-refractivity contribution in [2.45, 2.75) is 50.6 Å². The first-order valence-electron chi connectivity index (χ1n) is 9.19. The molecule has 0 unspecified atom stereocenters. The van der Waals surface area contributed by atoms with Gasteiger partial charge in [-0.2, -0.15) is 0 Å². The number of fused-ring (bicyclic) bond motifs is 1. The van der Waals surface area contributed by atoms with Crippen molar-refractivity contribution in [3.63, 3.8) is 0 Å². The second-order valence-corrected chi connectivity index (χ2v) is 8.48. The molecule has 1 saturated carbocycles. The highest BCUT2D eigenvalue weighted by Crippen LogP contribution is 2.44. The summed E-state index contributed by atoms with van der Waals surface area (Å²) in [5.41, 5.74) is 3.35. The molecule has 25 heavy (non-hydrogen) atoms. The Morgan fingerprint density at radius 1 is 1.12 bits per heavy atom. The predicted octanol–water partition coefficient (Wildman–Crippen LogP) is 4.48. The molecule has 1 aliphatic heterocycles. The fraction of sp³-hybridized carbons (Fsp3) is 0.450. The molecule has 3 aromatic rings. The molecule has 5 rings (SSSR count). The van der Waals surface area contributed by atoms with Crippen LogP contribution in [0.1, 0.15) is 43.5 Å². The van der Waals surface area contributed by atoms with E-state index in [0.29, 0.717) is 5.92 Å². The Balaban J connectivity index is 1.35. The van der Waals surface area contributed by atoms with Gasteiger partial charge in [0.25, 0.3) is 0 Å². The van der Waals surface area contributed by atoms with Crippen molar-refractivity contribution < 1.29 is 0 Å². The largest absolute Gasteiger partial charge is 0.298 e. The first kappa shape index (κ1) is 15.4. The van der Waals surface area contributed by atoms with Crippen molar-refractivity contribution in [3.8, 4) is 11.1 Å². The van der Waals surface area contributed by atoms with E-state index in [2.05, 4.69) is 40.0 Å². The second-order valence-electron chi connectivity index (χ2n) is 7.41. The summed E-state index contributed by atoms with van der Waals surface area (Å²) in [7, 11) is 0. The van der Waals surface area contributed by atoms with E-state index in [-0.39, 0.29) is 0 Å². The van der Waals surface area contributed by atoms with Crippen LogP contribution in [0.15, 0.2) is 36.9 Å². The van der Waals surface area contributed by atoms with E-state index in [1.165, 1.54) is 47.5 Å². The van der Waals surface area contributed by atoms with Gasteiger partial charge in [-0.3, -0.25) is 4.90 Å². The van der Waals surface area contributed by atoms with Crippen molar-refractivity contribution in [3.05, 3.63) is 41.9 Å². The van der Waals surface area contributed by atoms with Crippen molar-refractivity contribution >= 4 is 21.6 Å².